The van der Waals surface area contributed by atoms with Crippen LogP contribution in [0.1, 0.15) is 27.2 Å². The highest BCUT2D eigenvalue weighted by Gasteiger charge is 2.26. The largest absolute Gasteiger partial charge is 0.353 e. The van der Waals surface area contributed by atoms with Crippen LogP contribution < -0.4 is 5.73 Å². The van der Waals surface area contributed by atoms with Crippen LogP contribution in [0.3, 0.4) is 0 Å². The minimum Gasteiger partial charge on any atom is -0.353 e. The van der Waals surface area contributed by atoms with Gasteiger partial charge < -0.3 is 5.73 Å². The Hall–Kier alpha value is -0.110. The second-order valence-electron chi connectivity index (χ2n) is 2.67. The molecule has 0 bridgehead atoms. The summed E-state index contributed by atoms with van der Waals surface area (Å²) in [5.41, 5.74) is 2.55. The Kier molecular flexibility index (Phi) is 2.41. The molecule has 0 saturated carbocycles. The van der Waals surface area contributed by atoms with Crippen molar-refractivity contribution in [2.75, 3.05) is 0 Å². The summed E-state index contributed by atoms with van der Waals surface area (Å²) in [6.45, 7) is 5.07. The van der Waals surface area contributed by atoms with Gasteiger partial charge in [-0.1, -0.05) is 6.92 Å². The van der Waals surface area contributed by atoms with Crippen molar-refractivity contribution >= 4 is 0 Å². The maximum Gasteiger partial charge on any atom is 0.156 e. The molecular weight excluding hydrogens is 105 g/mol. The van der Waals surface area contributed by atoms with Gasteiger partial charge in [0, 0.05) is 0 Å². The molecule has 0 aliphatic rings. The first-order valence-corrected chi connectivity index (χ1v) is 3.00. The van der Waals surface area contributed by atoms with Crippen molar-refractivity contribution in [1.82, 2.24) is 0 Å². The number of hydrogen-bond donors (Lipinski definition) is 1. The average Bonchev–Trinajstić information content (AvgIpc) is 1.62. The van der Waals surface area contributed by atoms with E-state index in [0.717, 1.165) is 6.42 Å². The molecule has 0 spiro atoms. The number of quaternary nitrogens is 1. The zero-order valence-corrected chi connectivity index (χ0v) is 5.87. The smallest absolute Gasteiger partial charge is 0.156 e. The van der Waals surface area contributed by atoms with Gasteiger partial charge in [-0.15, -0.1) is 0 Å². The van der Waals surface area contributed by atoms with Crippen LogP contribution in [0.5, 0.6) is 0 Å². The summed E-state index contributed by atoms with van der Waals surface area (Å²) >= 11 is 0. The fourth-order valence-electron chi connectivity index (χ4n) is 0.485. The molecular formula is C6H15FN+. The molecule has 0 aromatic rings. The zero-order chi connectivity index (χ0) is 6.78. The lowest BCUT2D eigenvalue weighted by Gasteiger charge is -2.17. The normalized spacial score (nSPS) is 16.1. The van der Waals surface area contributed by atoms with Gasteiger partial charge in [-0.2, -0.15) is 0 Å². The fraction of sp³-hybridized carbons (Fsp3) is 1.00. The van der Waals surface area contributed by atoms with Crippen molar-refractivity contribution in [1.29, 1.82) is 0 Å². The number of alkyl halides is 1. The van der Waals surface area contributed by atoms with Gasteiger partial charge in [0.25, 0.3) is 0 Å². The molecule has 8 heavy (non-hydrogen) atoms. The Labute approximate surface area is 50.1 Å². The highest BCUT2D eigenvalue weighted by Crippen LogP contribution is 2.12. The van der Waals surface area contributed by atoms with Crippen molar-refractivity contribution in [2.24, 2.45) is 0 Å². The lowest BCUT2D eigenvalue weighted by molar-refractivity contribution is -0.444. The molecule has 0 amide bonds. The van der Waals surface area contributed by atoms with Crippen molar-refractivity contribution < 1.29 is 10.1 Å². The summed E-state index contributed by atoms with van der Waals surface area (Å²) in [5, 5.41) is 0. The number of halogens is 1. The molecule has 0 aliphatic carbocycles. The highest BCUT2D eigenvalue weighted by molar-refractivity contribution is 4.73. The molecule has 0 aromatic heterocycles. The summed E-state index contributed by atoms with van der Waals surface area (Å²) < 4.78 is 12.7. The van der Waals surface area contributed by atoms with E-state index < -0.39 is 5.67 Å². The SMILES string of the molecule is CCC([NH3+])C(C)(C)F. The Balaban J connectivity index is 3.62. The van der Waals surface area contributed by atoms with E-state index in [1.165, 1.54) is 0 Å². The van der Waals surface area contributed by atoms with Crippen LogP contribution in [-0.2, 0) is 0 Å². The minimum absolute atomic E-state index is 0.0671. The van der Waals surface area contributed by atoms with Crippen LogP contribution in [0.15, 0.2) is 0 Å². The van der Waals surface area contributed by atoms with E-state index in [0.29, 0.717) is 0 Å². The van der Waals surface area contributed by atoms with E-state index in [4.69, 9.17) is 0 Å². The van der Waals surface area contributed by atoms with E-state index in [9.17, 15) is 4.39 Å². The molecule has 2 heteroatoms. The molecule has 1 unspecified atom stereocenters. The van der Waals surface area contributed by atoms with E-state index in [-0.39, 0.29) is 6.04 Å². The Bertz CT molecular complexity index is 65.4. The Morgan fingerprint density at radius 1 is 1.62 bits per heavy atom. The Morgan fingerprint density at radius 3 is 2.00 bits per heavy atom. The predicted octanol–water partition coefficient (Wildman–Crippen LogP) is 0.755. The second kappa shape index (κ2) is 2.44. The molecule has 0 rings (SSSR count). The molecule has 0 fully saturated rings. The molecule has 0 aliphatic heterocycles. The summed E-state index contributed by atoms with van der Waals surface area (Å²) in [7, 11) is 0. The standard InChI is InChI=1S/C6H14FN/c1-4-5(8)6(2,3)7/h5H,4,8H2,1-3H3/p+1. The fourth-order valence-corrected chi connectivity index (χ4v) is 0.485. The third-order valence-electron chi connectivity index (χ3n) is 1.46. The first-order chi connectivity index (χ1) is 3.48. The lowest BCUT2D eigenvalue weighted by Crippen LogP contribution is -2.68. The van der Waals surface area contributed by atoms with E-state index in [1.807, 2.05) is 6.92 Å². The van der Waals surface area contributed by atoms with Gasteiger partial charge in [-0.3, -0.25) is 0 Å². The quantitative estimate of drug-likeness (QED) is 0.557. The average molecular weight is 120 g/mol. The summed E-state index contributed by atoms with van der Waals surface area (Å²) in [6.07, 6.45) is 0.809. The predicted molar refractivity (Wildman–Crippen MR) is 32.2 cm³/mol. The minimum atomic E-state index is -1.10. The summed E-state index contributed by atoms with van der Waals surface area (Å²) in [5.74, 6) is 0. The third kappa shape index (κ3) is 2.26. The van der Waals surface area contributed by atoms with E-state index in [1.54, 1.807) is 13.8 Å². The van der Waals surface area contributed by atoms with Gasteiger partial charge in [0.15, 0.2) is 5.67 Å². The van der Waals surface area contributed by atoms with Crippen LogP contribution in [0.2, 0.25) is 0 Å². The molecule has 0 saturated heterocycles. The zero-order valence-electron chi connectivity index (χ0n) is 5.87. The van der Waals surface area contributed by atoms with Crippen LogP contribution in [-0.4, -0.2) is 11.7 Å². The van der Waals surface area contributed by atoms with Gasteiger partial charge >= 0.3 is 0 Å². The van der Waals surface area contributed by atoms with Crippen LogP contribution in [0, 0.1) is 0 Å². The van der Waals surface area contributed by atoms with Crippen molar-refractivity contribution in [3.05, 3.63) is 0 Å². The Morgan fingerprint density at radius 2 is 2.00 bits per heavy atom. The highest BCUT2D eigenvalue weighted by atomic mass is 19.1. The third-order valence-corrected chi connectivity index (χ3v) is 1.46. The second-order valence-corrected chi connectivity index (χ2v) is 2.67. The topological polar surface area (TPSA) is 27.6 Å². The summed E-state index contributed by atoms with van der Waals surface area (Å²) in [4.78, 5) is 0. The molecule has 0 aromatic carbocycles. The molecule has 50 valence electrons. The van der Waals surface area contributed by atoms with Gasteiger partial charge in [-0.05, 0) is 20.3 Å². The monoisotopic (exact) mass is 120 g/mol. The first-order valence-electron chi connectivity index (χ1n) is 3.00. The lowest BCUT2D eigenvalue weighted by atomic mass is 10.0. The van der Waals surface area contributed by atoms with Gasteiger partial charge in [0.05, 0.1) is 0 Å². The number of rotatable bonds is 2. The van der Waals surface area contributed by atoms with Crippen molar-refractivity contribution in [2.45, 2.75) is 38.9 Å². The van der Waals surface area contributed by atoms with E-state index >= 15 is 0 Å². The molecule has 1 atom stereocenters. The van der Waals surface area contributed by atoms with Gasteiger partial charge in [-0.25, -0.2) is 4.39 Å². The molecule has 0 heterocycles. The van der Waals surface area contributed by atoms with Crippen LogP contribution in [0.25, 0.3) is 0 Å². The number of hydrogen-bond acceptors (Lipinski definition) is 0. The molecule has 1 nitrogen and oxygen atoms in total. The van der Waals surface area contributed by atoms with Crippen LogP contribution in [0.4, 0.5) is 4.39 Å². The van der Waals surface area contributed by atoms with Crippen molar-refractivity contribution in [3.63, 3.8) is 0 Å². The first kappa shape index (κ1) is 7.89. The van der Waals surface area contributed by atoms with Crippen LogP contribution >= 0.6 is 0 Å². The van der Waals surface area contributed by atoms with Gasteiger partial charge in [0.2, 0.25) is 0 Å². The maximum atomic E-state index is 12.7. The molecule has 3 N–H and O–H groups in total. The van der Waals surface area contributed by atoms with Gasteiger partial charge in [0.1, 0.15) is 6.04 Å². The summed E-state index contributed by atoms with van der Waals surface area (Å²) in [6, 6.07) is -0.0671. The molecule has 0 radical (unpaired) electrons. The maximum absolute atomic E-state index is 12.7. The van der Waals surface area contributed by atoms with Crippen molar-refractivity contribution in [3.8, 4) is 0 Å². The van der Waals surface area contributed by atoms with E-state index in [2.05, 4.69) is 5.73 Å².